The first-order valence-electron chi connectivity index (χ1n) is 16.7. The van der Waals surface area contributed by atoms with Gasteiger partial charge in [0.15, 0.2) is 0 Å². The van der Waals surface area contributed by atoms with Crippen molar-refractivity contribution in [3.05, 3.63) is 194 Å². The Kier molecular flexibility index (Phi) is 7.18. The average Bonchev–Trinajstić information content (AvgIpc) is 3.18. The molecule has 0 unspecified atom stereocenters. The van der Waals surface area contributed by atoms with Crippen molar-refractivity contribution in [3.63, 3.8) is 0 Å². The SMILES string of the molecule is c1ccc(-c2ccccc2-c2c3ccccc3c(-c3ccc(N(c4ccccc4)c4nccc5ccccc45)cc3)c3ccccc23)cc1. The molecule has 0 amide bonds. The van der Waals surface area contributed by atoms with E-state index >= 15 is 0 Å². The van der Waals surface area contributed by atoms with Gasteiger partial charge in [-0.1, -0.05) is 158 Å². The normalized spacial score (nSPS) is 11.3. The smallest absolute Gasteiger partial charge is 0.145 e. The third kappa shape index (κ3) is 5.02. The first kappa shape index (κ1) is 28.7. The molecule has 0 N–H and O–H groups in total. The van der Waals surface area contributed by atoms with Crippen LogP contribution in [-0.4, -0.2) is 4.98 Å². The van der Waals surface area contributed by atoms with Crippen LogP contribution in [0, 0.1) is 0 Å². The molecule has 0 bridgehead atoms. The molecule has 2 heteroatoms. The third-order valence-corrected chi connectivity index (χ3v) is 9.51. The van der Waals surface area contributed by atoms with Crippen LogP contribution in [0.2, 0.25) is 0 Å². The van der Waals surface area contributed by atoms with E-state index in [1.54, 1.807) is 0 Å². The largest absolute Gasteiger partial charge is 0.295 e. The number of rotatable bonds is 6. The molecule has 1 aromatic heterocycles. The Labute approximate surface area is 286 Å². The predicted molar refractivity (Wildman–Crippen MR) is 208 cm³/mol. The van der Waals surface area contributed by atoms with Crippen LogP contribution in [-0.2, 0) is 0 Å². The van der Waals surface area contributed by atoms with E-state index in [1.165, 1.54) is 54.9 Å². The summed E-state index contributed by atoms with van der Waals surface area (Å²) in [7, 11) is 0. The van der Waals surface area contributed by atoms with Gasteiger partial charge in [-0.05, 0) is 90.6 Å². The van der Waals surface area contributed by atoms with Gasteiger partial charge in [0.25, 0.3) is 0 Å². The van der Waals surface area contributed by atoms with Crippen LogP contribution < -0.4 is 4.90 Å². The number of nitrogens with zero attached hydrogens (tertiary/aromatic N) is 2. The topological polar surface area (TPSA) is 16.1 Å². The van der Waals surface area contributed by atoms with Crippen LogP contribution >= 0.6 is 0 Å². The number of benzene rings is 8. The highest BCUT2D eigenvalue weighted by molar-refractivity contribution is 6.22. The lowest BCUT2D eigenvalue weighted by Crippen LogP contribution is -2.11. The Morgan fingerprint density at radius 3 is 1.47 bits per heavy atom. The van der Waals surface area contributed by atoms with Crippen molar-refractivity contribution in [2.24, 2.45) is 0 Å². The summed E-state index contributed by atoms with van der Waals surface area (Å²) in [4.78, 5) is 7.17. The highest BCUT2D eigenvalue weighted by atomic mass is 15.2. The number of para-hydroxylation sites is 1. The molecule has 0 saturated carbocycles. The zero-order chi connectivity index (χ0) is 32.6. The van der Waals surface area contributed by atoms with E-state index in [0.29, 0.717) is 0 Å². The van der Waals surface area contributed by atoms with Crippen molar-refractivity contribution in [1.82, 2.24) is 4.98 Å². The summed E-state index contributed by atoms with van der Waals surface area (Å²) in [6.45, 7) is 0. The lowest BCUT2D eigenvalue weighted by Gasteiger charge is -2.26. The Balaban J connectivity index is 1.25. The molecule has 9 rings (SSSR count). The summed E-state index contributed by atoms with van der Waals surface area (Å²) >= 11 is 0. The van der Waals surface area contributed by atoms with Gasteiger partial charge in [0.1, 0.15) is 5.82 Å². The van der Waals surface area contributed by atoms with E-state index in [0.717, 1.165) is 28.0 Å². The Hall–Kier alpha value is -6.51. The molecule has 0 aliphatic carbocycles. The van der Waals surface area contributed by atoms with Crippen molar-refractivity contribution in [2.45, 2.75) is 0 Å². The number of fused-ring (bicyclic) bond motifs is 3. The number of pyridine rings is 1. The fourth-order valence-electron chi connectivity index (χ4n) is 7.33. The molecule has 49 heavy (non-hydrogen) atoms. The van der Waals surface area contributed by atoms with E-state index < -0.39 is 0 Å². The van der Waals surface area contributed by atoms with Gasteiger partial charge >= 0.3 is 0 Å². The standard InChI is InChI=1S/C47H32N2/c1-3-15-33(16-4-1)38-20-9-10-22-40(38)46-43-25-13-11-23-41(43)45(42-24-12-14-26-44(42)46)35-27-29-37(30-28-35)49(36-18-5-2-6-19-36)47-39-21-8-7-17-34(39)31-32-48-47/h1-32H. The molecular weight excluding hydrogens is 593 g/mol. The van der Waals surface area contributed by atoms with Gasteiger partial charge in [0.05, 0.1) is 0 Å². The summed E-state index contributed by atoms with van der Waals surface area (Å²) < 4.78 is 0. The van der Waals surface area contributed by atoms with Gasteiger partial charge in [0, 0.05) is 23.0 Å². The maximum absolute atomic E-state index is 4.92. The summed E-state index contributed by atoms with van der Waals surface area (Å²) in [5.74, 6) is 0.911. The van der Waals surface area contributed by atoms with Crippen LogP contribution in [0.15, 0.2) is 194 Å². The van der Waals surface area contributed by atoms with E-state index in [2.05, 4.69) is 193 Å². The fraction of sp³-hybridized carbons (Fsp3) is 0. The van der Waals surface area contributed by atoms with E-state index in [-0.39, 0.29) is 0 Å². The molecule has 0 radical (unpaired) electrons. The first-order chi connectivity index (χ1) is 24.3. The molecule has 1 heterocycles. The first-order valence-corrected chi connectivity index (χ1v) is 16.7. The van der Waals surface area contributed by atoms with Crippen LogP contribution in [0.3, 0.4) is 0 Å². The molecule has 8 aromatic carbocycles. The third-order valence-electron chi connectivity index (χ3n) is 9.51. The highest BCUT2D eigenvalue weighted by Crippen LogP contribution is 2.46. The average molecular weight is 625 g/mol. The van der Waals surface area contributed by atoms with E-state index in [1.807, 2.05) is 6.20 Å². The molecule has 230 valence electrons. The zero-order valence-electron chi connectivity index (χ0n) is 26.9. The maximum Gasteiger partial charge on any atom is 0.145 e. The minimum Gasteiger partial charge on any atom is -0.295 e. The summed E-state index contributed by atoms with van der Waals surface area (Å²) in [5.41, 5.74) is 9.50. The Morgan fingerprint density at radius 2 is 0.816 bits per heavy atom. The molecule has 2 nitrogen and oxygen atoms in total. The molecule has 0 fully saturated rings. The zero-order valence-corrected chi connectivity index (χ0v) is 26.9. The van der Waals surface area contributed by atoms with Gasteiger partial charge in [0.2, 0.25) is 0 Å². The maximum atomic E-state index is 4.92. The van der Waals surface area contributed by atoms with Crippen molar-refractivity contribution >= 4 is 49.5 Å². The molecule has 9 aromatic rings. The monoisotopic (exact) mass is 624 g/mol. The lowest BCUT2D eigenvalue weighted by molar-refractivity contribution is 1.20. The van der Waals surface area contributed by atoms with Gasteiger partial charge in [-0.25, -0.2) is 4.98 Å². The molecule has 0 saturated heterocycles. The van der Waals surface area contributed by atoms with Crippen LogP contribution in [0.25, 0.3) is 65.7 Å². The lowest BCUT2D eigenvalue weighted by atomic mass is 9.84. The minimum absolute atomic E-state index is 0.911. The van der Waals surface area contributed by atoms with Gasteiger partial charge in [-0.15, -0.1) is 0 Å². The van der Waals surface area contributed by atoms with Crippen LogP contribution in [0.4, 0.5) is 17.2 Å². The van der Waals surface area contributed by atoms with Crippen molar-refractivity contribution in [3.8, 4) is 33.4 Å². The van der Waals surface area contributed by atoms with Crippen molar-refractivity contribution < 1.29 is 0 Å². The molecule has 0 aliphatic rings. The molecular formula is C47H32N2. The quantitative estimate of drug-likeness (QED) is 0.171. The molecule has 0 spiro atoms. The number of anilines is 3. The Morgan fingerprint density at radius 1 is 0.327 bits per heavy atom. The van der Waals surface area contributed by atoms with Gasteiger partial charge in [-0.3, -0.25) is 4.90 Å². The molecule has 0 atom stereocenters. The summed E-state index contributed by atoms with van der Waals surface area (Å²) in [5, 5.41) is 7.24. The minimum atomic E-state index is 0.911. The highest BCUT2D eigenvalue weighted by Gasteiger charge is 2.20. The Bertz CT molecular complexity index is 2530. The van der Waals surface area contributed by atoms with Crippen LogP contribution in [0.1, 0.15) is 0 Å². The van der Waals surface area contributed by atoms with Crippen molar-refractivity contribution in [1.29, 1.82) is 0 Å². The van der Waals surface area contributed by atoms with E-state index in [9.17, 15) is 0 Å². The second-order valence-corrected chi connectivity index (χ2v) is 12.3. The van der Waals surface area contributed by atoms with E-state index in [4.69, 9.17) is 4.98 Å². The second kappa shape index (κ2) is 12.3. The summed E-state index contributed by atoms with van der Waals surface area (Å²) in [6, 6.07) is 67.3. The second-order valence-electron chi connectivity index (χ2n) is 12.3. The van der Waals surface area contributed by atoms with Crippen molar-refractivity contribution in [2.75, 3.05) is 4.90 Å². The summed E-state index contributed by atoms with van der Waals surface area (Å²) in [6.07, 6.45) is 1.90. The number of aromatic nitrogens is 1. The van der Waals surface area contributed by atoms with Gasteiger partial charge in [-0.2, -0.15) is 0 Å². The van der Waals surface area contributed by atoms with Crippen LogP contribution in [0.5, 0.6) is 0 Å². The number of hydrogen-bond acceptors (Lipinski definition) is 2. The molecule has 0 aliphatic heterocycles. The number of hydrogen-bond donors (Lipinski definition) is 0. The van der Waals surface area contributed by atoms with Gasteiger partial charge < -0.3 is 0 Å². The fourth-order valence-corrected chi connectivity index (χ4v) is 7.33. The predicted octanol–water partition coefficient (Wildman–Crippen LogP) is 13.0.